The molecule has 0 aliphatic carbocycles. The molecule has 5 nitrogen and oxygen atoms in total. The summed E-state index contributed by atoms with van der Waals surface area (Å²) in [7, 11) is 0. The molecule has 1 amide bonds. The predicted molar refractivity (Wildman–Crippen MR) is 96.8 cm³/mol. The van der Waals surface area contributed by atoms with Gasteiger partial charge in [0.25, 0.3) is 5.91 Å². The molecule has 1 aromatic heterocycles. The van der Waals surface area contributed by atoms with Crippen LogP contribution in [0.3, 0.4) is 0 Å². The van der Waals surface area contributed by atoms with E-state index in [0.717, 1.165) is 19.6 Å². The van der Waals surface area contributed by atoms with Crippen molar-refractivity contribution < 1.29 is 14.3 Å². The topological polar surface area (TPSA) is 58.6 Å². The minimum absolute atomic E-state index is 0.153. The second kappa shape index (κ2) is 9.20. The number of hydrogen-bond donors (Lipinski definition) is 1. The molecule has 0 aliphatic heterocycles. The summed E-state index contributed by atoms with van der Waals surface area (Å²) in [6, 6.07) is 10.3. The Hall–Kier alpha value is -2.18. The van der Waals surface area contributed by atoms with Crippen LogP contribution in [-0.2, 0) is 4.74 Å². The second-order valence-electron chi connectivity index (χ2n) is 5.17. The summed E-state index contributed by atoms with van der Waals surface area (Å²) in [5, 5.41) is 4.65. The van der Waals surface area contributed by atoms with Gasteiger partial charge >= 0.3 is 5.97 Å². The van der Waals surface area contributed by atoms with Crippen molar-refractivity contribution in [3.05, 3.63) is 52.2 Å². The zero-order chi connectivity index (χ0) is 17.4. The highest BCUT2D eigenvalue weighted by Crippen LogP contribution is 2.14. The zero-order valence-corrected chi connectivity index (χ0v) is 14.8. The zero-order valence-electron chi connectivity index (χ0n) is 14.0. The Morgan fingerprint density at radius 1 is 1.12 bits per heavy atom. The molecular weight excluding hydrogens is 324 g/mol. The number of nitrogens with one attached hydrogen (secondary N) is 1. The van der Waals surface area contributed by atoms with Gasteiger partial charge in [-0.05, 0) is 48.8 Å². The van der Waals surface area contributed by atoms with E-state index in [1.807, 2.05) is 11.4 Å². The first kappa shape index (κ1) is 18.2. The van der Waals surface area contributed by atoms with Crippen LogP contribution in [0.1, 0.15) is 33.9 Å². The fourth-order valence-electron chi connectivity index (χ4n) is 2.18. The van der Waals surface area contributed by atoms with Crippen molar-refractivity contribution in [3.63, 3.8) is 0 Å². The van der Waals surface area contributed by atoms with E-state index in [4.69, 9.17) is 4.74 Å². The van der Waals surface area contributed by atoms with Crippen LogP contribution in [0.5, 0.6) is 0 Å². The lowest BCUT2D eigenvalue weighted by atomic mass is 10.2. The molecule has 0 radical (unpaired) electrons. The average Bonchev–Trinajstić information content (AvgIpc) is 3.14. The number of nitrogens with zero attached hydrogens (tertiary/aromatic N) is 1. The number of carbonyl (C=O) groups excluding carboxylic acids is 2. The number of thiophene rings is 1. The van der Waals surface area contributed by atoms with Crippen molar-refractivity contribution >= 4 is 28.9 Å². The largest absolute Gasteiger partial charge is 0.461 e. The Kier molecular flexibility index (Phi) is 6.96. The SMILES string of the molecule is CCN(CC)CCOC(=O)c1ccc(NC(=O)c2cccs2)cc1. The molecule has 128 valence electrons. The molecule has 6 heteroatoms. The van der Waals surface area contributed by atoms with Crippen molar-refractivity contribution in [1.29, 1.82) is 0 Å². The van der Waals surface area contributed by atoms with Gasteiger partial charge in [0.2, 0.25) is 0 Å². The van der Waals surface area contributed by atoms with Crippen LogP contribution in [-0.4, -0.2) is 43.0 Å². The third kappa shape index (κ3) is 5.18. The van der Waals surface area contributed by atoms with Crippen molar-refractivity contribution in [3.8, 4) is 0 Å². The molecule has 0 saturated carbocycles. The maximum absolute atomic E-state index is 12.0. The Labute approximate surface area is 146 Å². The summed E-state index contributed by atoms with van der Waals surface area (Å²) < 4.78 is 5.28. The molecule has 0 fully saturated rings. The number of ether oxygens (including phenoxy) is 1. The maximum atomic E-state index is 12.0. The number of likely N-dealkylation sites (N-methyl/N-ethyl adjacent to an activating group) is 1. The summed E-state index contributed by atoms with van der Waals surface area (Å²) in [6.07, 6.45) is 0. The summed E-state index contributed by atoms with van der Waals surface area (Å²) in [5.41, 5.74) is 1.12. The molecule has 0 spiro atoms. The highest BCUT2D eigenvalue weighted by atomic mass is 32.1. The molecule has 2 aromatic rings. The van der Waals surface area contributed by atoms with Gasteiger partial charge in [-0.1, -0.05) is 19.9 Å². The number of benzene rings is 1. The van der Waals surface area contributed by atoms with Gasteiger partial charge in [-0.2, -0.15) is 0 Å². The van der Waals surface area contributed by atoms with Gasteiger partial charge in [0.1, 0.15) is 6.61 Å². The van der Waals surface area contributed by atoms with E-state index >= 15 is 0 Å². The van der Waals surface area contributed by atoms with Gasteiger partial charge in [-0.3, -0.25) is 4.79 Å². The molecule has 0 aliphatic rings. The second-order valence-corrected chi connectivity index (χ2v) is 6.12. The maximum Gasteiger partial charge on any atom is 0.338 e. The van der Waals surface area contributed by atoms with Crippen LogP contribution in [0.4, 0.5) is 5.69 Å². The van der Waals surface area contributed by atoms with Crippen LogP contribution in [0.2, 0.25) is 0 Å². The van der Waals surface area contributed by atoms with E-state index in [-0.39, 0.29) is 11.9 Å². The van der Waals surface area contributed by atoms with Gasteiger partial charge in [0, 0.05) is 12.2 Å². The summed E-state index contributed by atoms with van der Waals surface area (Å²) >= 11 is 1.38. The van der Waals surface area contributed by atoms with Gasteiger partial charge in [-0.25, -0.2) is 4.79 Å². The fourth-order valence-corrected chi connectivity index (χ4v) is 2.80. The lowest BCUT2D eigenvalue weighted by Gasteiger charge is -2.17. The number of carbonyl (C=O) groups is 2. The molecule has 2 rings (SSSR count). The van der Waals surface area contributed by atoms with Crippen molar-refractivity contribution in [2.24, 2.45) is 0 Å². The first-order valence-electron chi connectivity index (χ1n) is 7.98. The van der Waals surface area contributed by atoms with E-state index in [0.29, 0.717) is 22.7 Å². The van der Waals surface area contributed by atoms with Crippen molar-refractivity contribution in [2.45, 2.75) is 13.8 Å². The van der Waals surface area contributed by atoms with Crippen LogP contribution < -0.4 is 5.32 Å². The third-order valence-electron chi connectivity index (χ3n) is 3.66. The van der Waals surface area contributed by atoms with Gasteiger partial charge in [0.05, 0.1) is 10.4 Å². The van der Waals surface area contributed by atoms with Crippen molar-refractivity contribution in [1.82, 2.24) is 4.90 Å². The van der Waals surface area contributed by atoms with E-state index < -0.39 is 0 Å². The van der Waals surface area contributed by atoms with E-state index in [1.165, 1.54) is 11.3 Å². The minimum Gasteiger partial charge on any atom is -0.461 e. The lowest BCUT2D eigenvalue weighted by Crippen LogP contribution is -2.27. The van der Waals surface area contributed by atoms with Crippen LogP contribution >= 0.6 is 11.3 Å². The summed E-state index contributed by atoms with van der Waals surface area (Å²) in [6.45, 7) is 7.13. The molecule has 24 heavy (non-hydrogen) atoms. The predicted octanol–water partition coefficient (Wildman–Crippen LogP) is 3.50. The van der Waals surface area contributed by atoms with Crippen LogP contribution in [0, 0.1) is 0 Å². The summed E-state index contributed by atoms with van der Waals surface area (Å²) in [5.74, 6) is -0.502. The molecule has 0 saturated heterocycles. The summed E-state index contributed by atoms with van der Waals surface area (Å²) in [4.78, 5) is 26.8. The molecule has 0 atom stereocenters. The fraction of sp³-hybridized carbons (Fsp3) is 0.333. The van der Waals surface area contributed by atoms with Gasteiger partial charge in [0.15, 0.2) is 0 Å². The molecule has 1 N–H and O–H groups in total. The van der Waals surface area contributed by atoms with Crippen LogP contribution in [0.25, 0.3) is 0 Å². The van der Waals surface area contributed by atoms with Crippen molar-refractivity contribution in [2.75, 3.05) is 31.6 Å². The Balaban J connectivity index is 1.84. The number of anilines is 1. The first-order chi connectivity index (χ1) is 11.6. The number of esters is 1. The van der Waals surface area contributed by atoms with E-state index in [1.54, 1.807) is 30.3 Å². The van der Waals surface area contributed by atoms with Gasteiger partial charge in [-0.15, -0.1) is 11.3 Å². The lowest BCUT2D eigenvalue weighted by molar-refractivity contribution is 0.0466. The molecule has 0 bridgehead atoms. The number of rotatable bonds is 8. The Morgan fingerprint density at radius 2 is 1.83 bits per heavy atom. The Bertz CT molecular complexity index is 649. The molecule has 1 aromatic carbocycles. The average molecular weight is 346 g/mol. The molecule has 1 heterocycles. The monoisotopic (exact) mass is 346 g/mol. The Morgan fingerprint density at radius 3 is 2.42 bits per heavy atom. The van der Waals surface area contributed by atoms with E-state index in [2.05, 4.69) is 24.1 Å². The third-order valence-corrected chi connectivity index (χ3v) is 4.53. The van der Waals surface area contributed by atoms with Gasteiger partial charge < -0.3 is 15.0 Å². The van der Waals surface area contributed by atoms with E-state index in [9.17, 15) is 9.59 Å². The first-order valence-corrected chi connectivity index (χ1v) is 8.86. The highest BCUT2D eigenvalue weighted by molar-refractivity contribution is 7.12. The number of amides is 1. The quantitative estimate of drug-likeness (QED) is 0.743. The minimum atomic E-state index is -0.349. The number of hydrogen-bond acceptors (Lipinski definition) is 5. The smallest absolute Gasteiger partial charge is 0.338 e. The molecule has 0 unspecified atom stereocenters. The molecular formula is C18H22N2O3S. The standard InChI is InChI=1S/C18H22N2O3S/c1-3-20(4-2)11-12-23-18(22)14-7-9-15(10-8-14)19-17(21)16-6-5-13-24-16/h5-10,13H,3-4,11-12H2,1-2H3,(H,19,21). The highest BCUT2D eigenvalue weighted by Gasteiger charge is 2.10. The normalized spacial score (nSPS) is 10.6. The van der Waals surface area contributed by atoms with Crippen LogP contribution in [0.15, 0.2) is 41.8 Å².